The van der Waals surface area contributed by atoms with Gasteiger partial charge in [-0.25, -0.2) is 14.2 Å². The zero-order chi connectivity index (χ0) is 15.9. The standard InChI is InChI=1S/C15H12FN3O3/c16-9-4-1-3-8(7-9)12-11(15(21)22)18-14-10(13(17)20)5-2-6-19(12)14/h1-7,13,20H,17H2,(H,21,22). The molecule has 2 heterocycles. The van der Waals surface area contributed by atoms with Crippen LogP contribution in [0.15, 0.2) is 42.6 Å². The summed E-state index contributed by atoms with van der Waals surface area (Å²) in [6.45, 7) is 0. The second-order valence-corrected chi connectivity index (χ2v) is 4.73. The Bertz CT molecular complexity index is 874. The summed E-state index contributed by atoms with van der Waals surface area (Å²) < 4.78 is 14.9. The highest BCUT2D eigenvalue weighted by atomic mass is 19.1. The van der Waals surface area contributed by atoms with Crippen LogP contribution < -0.4 is 5.73 Å². The van der Waals surface area contributed by atoms with Gasteiger partial charge in [0.1, 0.15) is 17.7 Å². The number of benzene rings is 1. The average molecular weight is 301 g/mol. The number of carboxylic acids is 1. The number of aliphatic hydroxyl groups excluding tert-OH is 1. The normalized spacial score (nSPS) is 12.5. The maximum atomic E-state index is 13.5. The van der Waals surface area contributed by atoms with E-state index in [1.165, 1.54) is 22.6 Å². The molecule has 1 unspecified atom stereocenters. The van der Waals surface area contributed by atoms with Crippen molar-refractivity contribution in [2.75, 3.05) is 0 Å². The molecule has 112 valence electrons. The van der Waals surface area contributed by atoms with Crippen molar-refractivity contribution in [3.63, 3.8) is 0 Å². The summed E-state index contributed by atoms with van der Waals surface area (Å²) in [6, 6.07) is 8.72. The van der Waals surface area contributed by atoms with Crippen LogP contribution in [0.1, 0.15) is 22.3 Å². The maximum Gasteiger partial charge on any atom is 0.356 e. The highest BCUT2D eigenvalue weighted by Crippen LogP contribution is 2.28. The van der Waals surface area contributed by atoms with E-state index in [-0.39, 0.29) is 22.6 Å². The van der Waals surface area contributed by atoms with E-state index in [0.29, 0.717) is 5.56 Å². The summed E-state index contributed by atoms with van der Waals surface area (Å²) in [5.41, 5.74) is 6.33. The number of aliphatic hydroxyl groups is 1. The molecule has 6 nitrogen and oxygen atoms in total. The van der Waals surface area contributed by atoms with Crippen molar-refractivity contribution in [1.82, 2.24) is 9.38 Å². The van der Waals surface area contributed by atoms with Crippen LogP contribution in [0.4, 0.5) is 4.39 Å². The molecule has 0 saturated carbocycles. The zero-order valence-electron chi connectivity index (χ0n) is 11.3. The summed E-state index contributed by atoms with van der Waals surface area (Å²) in [6.07, 6.45) is 0.286. The molecule has 3 rings (SSSR count). The van der Waals surface area contributed by atoms with E-state index in [2.05, 4.69) is 4.98 Å². The minimum Gasteiger partial charge on any atom is -0.476 e. The van der Waals surface area contributed by atoms with Crippen molar-refractivity contribution in [3.8, 4) is 11.3 Å². The maximum absolute atomic E-state index is 13.5. The number of pyridine rings is 1. The van der Waals surface area contributed by atoms with Gasteiger partial charge in [0, 0.05) is 17.3 Å². The van der Waals surface area contributed by atoms with Gasteiger partial charge < -0.3 is 15.9 Å². The summed E-state index contributed by atoms with van der Waals surface area (Å²) in [5, 5.41) is 19.0. The molecule has 0 aliphatic rings. The Labute approximate surface area is 124 Å². The molecule has 0 radical (unpaired) electrons. The van der Waals surface area contributed by atoms with E-state index in [0.717, 1.165) is 0 Å². The van der Waals surface area contributed by atoms with Crippen LogP contribution in [0.25, 0.3) is 16.9 Å². The fourth-order valence-corrected chi connectivity index (χ4v) is 2.38. The Morgan fingerprint density at radius 3 is 2.73 bits per heavy atom. The molecule has 0 saturated heterocycles. The lowest BCUT2D eigenvalue weighted by molar-refractivity contribution is 0.0692. The number of fused-ring (bicyclic) bond motifs is 1. The average Bonchev–Trinajstić information content (AvgIpc) is 2.86. The summed E-state index contributed by atoms with van der Waals surface area (Å²) in [4.78, 5) is 15.5. The van der Waals surface area contributed by atoms with E-state index in [1.54, 1.807) is 24.4 Å². The summed E-state index contributed by atoms with van der Waals surface area (Å²) in [5.74, 6) is -1.74. The van der Waals surface area contributed by atoms with E-state index >= 15 is 0 Å². The molecule has 2 aromatic heterocycles. The minimum atomic E-state index is -1.30. The first-order chi connectivity index (χ1) is 10.5. The molecule has 0 amide bonds. The van der Waals surface area contributed by atoms with Gasteiger partial charge in [-0.1, -0.05) is 12.1 Å². The van der Waals surface area contributed by atoms with Crippen LogP contribution in [-0.4, -0.2) is 25.6 Å². The number of aromatic nitrogens is 2. The number of carbonyl (C=O) groups is 1. The van der Waals surface area contributed by atoms with Crippen molar-refractivity contribution >= 4 is 11.6 Å². The van der Waals surface area contributed by atoms with Crippen LogP contribution in [0, 0.1) is 5.82 Å². The third-order valence-electron chi connectivity index (χ3n) is 3.30. The predicted molar refractivity (Wildman–Crippen MR) is 76.7 cm³/mol. The van der Waals surface area contributed by atoms with Gasteiger partial charge >= 0.3 is 5.97 Å². The molecule has 0 aliphatic heterocycles. The van der Waals surface area contributed by atoms with Gasteiger partial charge in [-0.15, -0.1) is 0 Å². The number of hydrogen-bond donors (Lipinski definition) is 3. The van der Waals surface area contributed by atoms with Crippen LogP contribution in [0.3, 0.4) is 0 Å². The second-order valence-electron chi connectivity index (χ2n) is 4.73. The van der Waals surface area contributed by atoms with E-state index < -0.39 is 18.0 Å². The van der Waals surface area contributed by atoms with Crippen molar-refractivity contribution in [2.24, 2.45) is 5.73 Å². The zero-order valence-corrected chi connectivity index (χ0v) is 11.3. The van der Waals surface area contributed by atoms with E-state index in [4.69, 9.17) is 5.73 Å². The fourth-order valence-electron chi connectivity index (χ4n) is 2.38. The van der Waals surface area contributed by atoms with E-state index in [9.17, 15) is 19.4 Å². The van der Waals surface area contributed by atoms with Gasteiger partial charge in [0.2, 0.25) is 0 Å². The van der Waals surface area contributed by atoms with Crippen LogP contribution in [0.2, 0.25) is 0 Å². The Hall–Kier alpha value is -2.77. The second kappa shape index (κ2) is 5.21. The smallest absolute Gasteiger partial charge is 0.356 e. The first-order valence-electron chi connectivity index (χ1n) is 6.43. The molecule has 0 fully saturated rings. The molecule has 1 atom stereocenters. The molecule has 4 N–H and O–H groups in total. The Kier molecular flexibility index (Phi) is 3.36. The molecule has 0 bridgehead atoms. The monoisotopic (exact) mass is 301 g/mol. The Morgan fingerprint density at radius 1 is 1.32 bits per heavy atom. The van der Waals surface area contributed by atoms with Crippen LogP contribution >= 0.6 is 0 Å². The topological polar surface area (TPSA) is 101 Å². The predicted octanol–water partition coefficient (Wildman–Crippen LogP) is 1.79. The molecule has 7 heteroatoms. The van der Waals surface area contributed by atoms with Gasteiger partial charge in [-0.05, 0) is 24.3 Å². The third-order valence-corrected chi connectivity index (χ3v) is 3.30. The number of imidazole rings is 1. The van der Waals surface area contributed by atoms with Crippen LogP contribution in [-0.2, 0) is 0 Å². The van der Waals surface area contributed by atoms with E-state index in [1.807, 2.05) is 0 Å². The van der Waals surface area contributed by atoms with Crippen molar-refractivity contribution in [2.45, 2.75) is 6.23 Å². The SMILES string of the molecule is NC(O)c1cccn2c(-c3cccc(F)c3)c(C(=O)O)nc12. The van der Waals surface area contributed by atoms with Crippen molar-refractivity contribution < 1.29 is 19.4 Å². The summed E-state index contributed by atoms with van der Waals surface area (Å²) in [7, 11) is 0. The Morgan fingerprint density at radius 2 is 2.09 bits per heavy atom. The van der Waals surface area contributed by atoms with Gasteiger partial charge in [0.05, 0.1) is 5.69 Å². The lowest BCUT2D eigenvalue weighted by Gasteiger charge is -2.08. The third kappa shape index (κ3) is 2.22. The molecule has 0 aliphatic carbocycles. The van der Waals surface area contributed by atoms with Crippen molar-refractivity contribution in [3.05, 3.63) is 59.7 Å². The fraction of sp³-hybridized carbons (Fsp3) is 0.0667. The highest BCUT2D eigenvalue weighted by molar-refractivity contribution is 5.94. The number of halogens is 1. The van der Waals surface area contributed by atoms with Crippen molar-refractivity contribution in [1.29, 1.82) is 0 Å². The van der Waals surface area contributed by atoms with Crippen LogP contribution in [0.5, 0.6) is 0 Å². The largest absolute Gasteiger partial charge is 0.476 e. The summed E-state index contributed by atoms with van der Waals surface area (Å²) >= 11 is 0. The molecule has 1 aromatic carbocycles. The lowest BCUT2D eigenvalue weighted by Crippen LogP contribution is -2.10. The number of rotatable bonds is 3. The lowest BCUT2D eigenvalue weighted by atomic mass is 10.1. The molecule has 0 spiro atoms. The number of hydrogen-bond acceptors (Lipinski definition) is 4. The quantitative estimate of drug-likeness (QED) is 0.640. The van der Waals surface area contributed by atoms with Gasteiger partial charge in [-0.3, -0.25) is 4.40 Å². The molecular formula is C15H12FN3O3. The number of carboxylic acid groups (broad SMARTS) is 1. The first-order valence-corrected chi connectivity index (χ1v) is 6.43. The van der Waals surface area contributed by atoms with Gasteiger partial charge in [0.15, 0.2) is 5.69 Å². The number of nitrogens with zero attached hydrogens (tertiary/aromatic N) is 2. The minimum absolute atomic E-state index is 0.217. The first kappa shape index (κ1) is 14.2. The Balaban J connectivity index is 2.39. The van der Waals surface area contributed by atoms with Gasteiger partial charge in [-0.2, -0.15) is 0 Å². The van der Waals surface area contributed by atoms with Gasteiger partial charge in [0.25, 0.3) is 0 Å². The molecular weight excluding hydrogens is 289 g/mol. The molecule has 22 heavy (non-hydrogen) atoms. The number of nitrogens with two attached hydrogens (primary N) is 1. The highest BCUT2D eigenvalue weighted by Gasteiger charge is 2.22. The number of aromatic carboxylic acids is 1. The molecule has 3 aromatic rings.